The molecule has 57 valence electrons. The number of nitrogens with one attached hydrogen (secondary N) is 2. The molecular weight excluding hydrogens is 136 g/mol. The van der Waals surface area contributed by atoms with Gasteiger partial charge in [-0.3, -0.25) is 0 Å². The Morgan fingerprint density at radius 3 is 2.82 bits per heavy atom. The molecule has 0 fully saturated rings. The van der Waals surface area contributed by atoms with Crippen LogP contribution in [0.3, 0.4) is 0 Å². The van der Waals surface area contributed by atoms with Crippen LogP contribution in [0.1, 0.15) is 6.42 Å². The first-order chi connectivity index (χ1) is 5.47. The Morgan fingerprint density at radius 1 is 1.09 bits per heavy atom. The second kappa shape index (κ2) is 2.82. The van der Waals surface area contributed by atoms with Gasteiger partial charge in [0, 0.05) is 13.1 Å². The maximum Gasteiger partial charge on any atom is 0.0578 e. The van der Waals surface area contributed by atoms with E-state index in [2.05, 4.69) is 29.3 Å². The minimum Gasteiger partial charge on any atom is -0.383 e. The first-order valence-corrected chi connectivity index (χ1v) is 3.88. The zero-order valence-electron chi connectivity index (χ0n) is 6.30. The molecule has 2 heteroatoms. The third-order valence-corrected chi connectivity index (χ3v) is 1.79. The van der Waals surface area contributed by atoms with Crippen LogP contribution < -0.4 is 10.6 Å². The molecule has 1 heterocycles. The van der Waals surface area contributed by atoms with Crippen molar-refractivity contribution < 1.29 is 0 Å². The normalized spacial score (nSPS) is 15.6. The highest BCUT2D eigenvalue weighted by Crippen LogP contribution is 2.23. The lowest BCUT2D eigenvalue weighted by molar-refractivity contribution is 1.02. The summed E-state index contributed by atoms with van der Waals surface area (Å²) in [5.41, 5.74) is 2.37. The van der Waals surface area contributed by atoms with Gasteiger partial charge in [-0.2, -0.15) is 0 Å². The van der Waals surface area contributed by atoms with Crippen molar-refractivity contribution >= 4 is 11.4 Å². The van der Waals surface area contributed by atoms with Gasteiger partial charge in [-0.15, -0.1) is 0 Å². The van der Waals surface area contributed by atoms with Crippen molar-refractivity contribution in [3.8, 4) is 0 Å². The summed E-state index contributed by atoms with van der Waals surface area (Å²) in [7, 11) is 0. The van der Waals surface area contributed by atoms with Gasteiger partial charge >= 0.3 is 0 Å². The molecule has 0 amide bonds. The number of anilines is 2. The van der Waals surface area contributed by atoms with E-state index in [-0.39, 0.29) is 0 Å². The van der Waals surface area contributed by atoms with Gasteiger partial charge in [0.15, 0.2) is 0 Å². The maximum atomic E-state index is 3.33. The first-order valence-electron chi connectivity index (χ1n) is 3.88. The molecule has 2 nitrogen and oxygen atoms in total. The molecule has 0 aromatic heterocycles. The van der Waals surface area contributed by atoms with Crippen LogP contribution in [0.5, 0.6) is 0 Å². The lowest BCUT2D eigenvalue weighted by Crippen LogP contribution is -1.97. The van der Waals surface area contributed by atoms with Gasteiger partial charge in [0.25, 0.3) is 0 Å². The summed E-state index contributed by atoms with van der Waals surface area (Å²) in [5.74, 6) is 0. The number of benzene rings is 1. The highest BCUT2D eigenvalue weighted by molar-refractivity contribution is 5.69. The molecule has 11 heavy (non-hydrogen) atoms. The van der Waals surface area contributed by atoms with E-state index in [0.29, 0.717) is 0 Å². The fourth-order valence-corrected chi connectivity index (χ4v) is 1.22. The molecule has 0 saturated carbocycles. The van der Waals surface area contributed by atoms with Crippen LogP contribution >= 0.6 is 0 Å². The average molecular weight is 147 g/mol. The van der Waals surface area contributed by atoms with Crippen molar-refractivity contribution in [3.63, 3.8) is 0 Å². The highest BCUT2D eigenvalue weighted by atomic mass is 15.0. The molecule has 2 rings (SSSR count). The summed E-state index contributed by atoms with van der Waals surface area (Å²) in [6.07, 6.45) is 1.06. The standard InChI is InChI=1S/C9H11N2/c1-2-5-9-8(4-1)10-6-3-7-11-9/h1-2,4-6,10-11H,3,7H2. The molecule has 1 aliphatic rings. The molecule has 0 saturated heterocycles. The number of hydrogen-bond donors (Lipinski definition) is 2. The van der Waals surface area contributed by atoms with E-state index in [1.165, 1.54) is 11.4 Å². The van der Waals surface area contributed by atoms with Gasteiger partial charge in [0.1, 0.15) is 0 Å². The van der Waals surface area contributed by atoms with E-state index in [1.807, 2.05) is 12.1 Å². The lowest BCUT2D eigenvalue weighted by atomic mass is 10.3. The van der Waals surface area contributed by atoms with Crippen LogP contribution in [-0.2, 0) is 0 Å². The van der Waals surface area contributed by atoms with Crippen molar-refractivity contribution in [1.82, 2.24) is 0 Å². The van der Waals surface area contributed by atoms with Gasteiger partial charge in [-0.1, -0.05) is 12.1 Å². The first kappa shape index (κ1) is 6.53. The monoisotopic (exact) mass is 147 g/mol. The fourth-order valence-electron chi connectivity index (χ4n) is 1.22. The predicted octanol–water partition coefficient (Wildman–Crippen LogP) is 2.08. The summed E-state index contributed by atoms with van der Waals surface area (Å²) in [4.78, 5) is 0. The molecule has 1 aromatic rings. The average Bonchev–Trinajstić information content (AvgIpc) is 2.28. The smallest absolute Gasteiger partial charge is 0.0578 e. The molecule has 0 spiro atoms. The van der Waals surface area contributed by atoms with Crippen LogP contribution in [0.2, 0.25) is 0 Å². The Bertz CT molecular complexity index is 220. The van der Waals surface area contributed by atoms with Crippen LogP contribution in [0.25, 0.3) is 0 Å². The third kappa shape index (κ3) is 1.29. The van der Waals surface area contributed by atoms with Gasteiger partial charge in [-0.25, -0.2) is 0 Å². The van der Waals surface area contributed by atoms with Crippen LogP contribution in [-0.4, -0.2) is 6.54 Å². The van der Waals surface area contributed by atoms with E-state index in [0.717, 1.165) is 13.0 Å². The summed E-state index contributed by atoms with van der Waals surface area (Å²) < 4.78 is 0. The van der Waals surface area contributed by atoms with Gasteiger partial charge in [-0.05, 0) is 18.6 Å². The Kier molecular flexibility index (Phi) is 1.68. The molecule has 0 bridgehead atoms. The van der Waals surface area contributed by atoms with Crippen molar-refractivity contribution in [1.29, 1.82) is 0 Å². The van der Waals surface area contributed by atoms with E-state index in [4.69, 9.17) is 0 Å². The predicted molar refractivity (Wildman–Crippen MR) is 47.5 cm³/mol. The second-order valence-corrected chi connectivity index (χ2v) is 2.61. The summed E-state index contributed by atoms with van der Waals surface area (Å²) in [6.45, 7) is 3.10. The number of fused-ring (bicyclic) bond motifs is 1. The zero-order valence-corrected chi connectivity index (χ0v) is 6.30. The van der Waals surface area contributed by atoms with E-state index in [1.54, 1.807) is 0 Å². The topological polar surface area (TPSA) is 24.1 Å². The second-order valence-electron chi connectivity index (χ2n) is 2.61. The molecule has 0 unspecified atom stereocenters. The van der Waals surface area contributed by atoms with Crippen molar-refractivity contribution in [2.75, 3.05) is 17.2 Å². The van der Waals surface area contributed by atoms with E-state index in [9.17, 15) is 0 Å². The molecule has 1 aromatic carbocycles. The van der Waals surface area contributed by atoms with Crippen LogP contribution in [0.4, 0.5) is 11.4 Å². The SMILES string of the molecule is [CH]1CCNc2ccccc2N1. The van der Waals surface area contributed by atoms with Crippen molar-refractivity contribution in [2.24, 2.45) is 0 Å². The maximum absolute atomic E-state index is 3.33. The Morgan fingerprint density at radius 2 is 1.91 bits per heavy atom. The van der Waals surface area contributed by atoms with Crippen LogP contribution in [0.15, 0.2) is 24.3 Å². The van der Waals surface area contributed by atoms with Gasteiger partial charge in [0.05, 0.1) is 11.4 Å². The molecular formula is C9H11N2. The molecule has 2 N–H and O–H groups in total. The number of rotatable bonds is 0. The van der Waals surface area contributed by atoms with Gasteiger partial charge < -0.3 is 10.6 Å². The number of hydrogen-bond acceptors (Lipinski definition) is 2. The number of para-hydroxylation sites is 2. The Hall–Kier alpha value is -1.18. The third-order valence-electron chi connectivity index (χ3n) is 1.79. The summed E-state index contributed by atoms with van der Waals surface area (Å²) >= 11 is 0. The van der Waals surface area contributed by atoms with E-state index >= 15 is 0 Å². The largest absolute Gasteiger partial charge is 0.383 e. The Labute approximate surface area is 66.6 Å². The Balaban J connectivity index is 2.33. The quantitative estimate of drug-likeness (QED) is 0.587. The lowest BCUT2D eigenvalue weighted by Gasteiger charge is -2.05. The highest BCUT2D eigenvalue weighted by Gasteiger charge is 2.03. The summed E-state index contributed by atoms with van der Waals surface area (Å²) in [5, 5.41) is 6.57. The minimum absolute atomic E-state index is 1.02. The molecule has 1 radical (unpaired) electrons. The molecule has 0 atom stereocenters. The fraction of sp³-hybridized carbons (Fsp3) is 0.222. The van der Waals surface area contributed by atoms with Gasteiger partial charge in [0.2, 0.25) is 0 Å². The minimum atomic E-state index is 1.02. The molecule has 1 aliphatic heterocycles. The van der Waals surface area contributed by atoms with Crippen molar-refractivity contribution in [3.05, 3.63) is 30.8 Å². The van der Waals surface area contributed by atoms with Crippen LogP contribution in [0, 0.1) is 6.54 Å². The van der Waals surface area contributed by atoms with Crippen molar-refractivity contribution in [2.45, 2.75) is 6.42 Å². The summed E-state index contributed by atoms with van der Waals surface area (Å²) in [6, 6.07) is 8.23. The molecule has 0 aliphatic carbocycles. The van der Waals surface area contributed by atoms with E-state index < -0.39 is 0 Å². The zero-order chi connectivity index (χ0) is 7.52.